The van der Waals surface area contributed by atoms with E-state index in [4.69, 9.17) is 27.9 Å². The van der Waals surface area contributed by atoms with Gasteiger partial charge in [-0.05, 0) is 23.6 Å². The van der Waals surface area contributed by atoms with Crippen LogP contribution in [0.1, 0.15) is 15.2 Å². The largest absolute Gasteiger partial charge is 0.383 e. The number of hydrogen-bond acceptors (Lipinski definition) is 4. The summed E-state index contributed by atoms with van der Waals surface area (Å²) in [5.74, 6) is -0.147. The lowest BCUT2D eigenvalue weighted by atomic mass is 10.2. The van der Waals surface area contributed by atoms with Gasteiger partial charge in [-0.25, -0.2) is 4.98 Å². The molecule has 7 heteroatoms. The van der Waals surface area contributed by atoms with E-state index in [1.165, 1.54) is 12.1 Å². The first kappa shape index (κ1) is 16.2. The van der Waals surface area contributed by atoms with Crippen LogP contribution in [0.4, 0.5) is 0 Å². The Labute approximate surface area is 137 Å². The Hall–Kier alpha value is -1.14. The first-order chi connectivity index (χ1) is 10.1. The van der Waals surface area contributed by atoms with Crippen LogP contribution in [0.5, 0.6) is 0 Å². The fourth-order valence-corrected chi connectivity index (χ4v) is 3.00. The van der Waals surface area contributed by atoms with Crippen LogP contribution in [-0.4, -0.2) is 36.1 Å². The van der Waals surface area contributed by atoms with Crippen molar-refractivity contribution >= 4 is 40.4 Å². The van der Waals surface area contributed by atoms with E-state index < -0.39 is 0 Å². The van der Waals surface area contributed by atoms with Gasteiger partial charge in [0.15, 0.2) is 0 Å². The van der Waals surface area contributed by atoms with Crippen molar-refractivity contribution in [2.24, 2.45) is 0 Å². The molecule has 0 saturated heterocycles. The molecule has 0 bridgehead atoms. The van der Waals surface area contributed by atoms with Crippen molar-refractivity contribution in [1.82, 2.24) is 9.88 Å². The van der Waals surface area contributed by atoms with E-state index in [0.717, 1.165) is 4.88 Å². The number of amides is 1. The Balaban J connectivity index is 2.20. The summed E-state index contributed by atoms with van der Waals surface area (Å²) in [6, 6.07) is 6.98. The Kier molecular flexibility index (Phi) is 5.99. The van der Waals surface area contributed by atoms with Crippen LogP contribution in [0, 0.1) is 0 Å². The third kappa shape index (κ3) is 4.68. The van der Waals surface area contributed by atoms with Gasteiger partial charge in [0.2, 0.25) is 0 Å². The smallest absolute Gasteiger partial charge is 0.254 e. The second-order valence-electron chi connectivity index (χ2n) is 4.30. The number of halogens is 2. The quantitative estimate of drug-likeness (QED) is 0.749. The molecule has 0 atom stereocenters. The van der Waals surface area contributed by atoms with Gasteiger partial charge in [0.05, 0.1) is 13.2 Å². The summed E-state index contributed by atoms with van der Waals surface area (Å²) >= 11 is 13.3. The van der Waals surface area contributed by atoms with Gasteiger partial charge in [0.1, 0.15) is 10.3 Å². The van der Waals surface area contributed by atoms with E-state index >= 15 is 0 Å². The topological polar surface area (TPSA) is 42.4 Å². The average molecular weight is 345 g/mol. The lowest BCUT2D eigenvalue weighted by Gasteiger charge is -2.22. The number of ether oxygens (including phenoxy) is 1. The molecule has 0 unspecified atom stereocenters. The number of rotatable bonds is 6. The fourth-order valence-electron chi connectivity index (χ4n) is 1.82. The lowest BCUT2D eigenvalue weighted by Crippen LogP contribution is -2.33. The van der Waals surface area contributed by atoms with Crippen LogP contribution in [0.15, 0.2) is 29.6 Å². The third-order valence-electron chi connectivity index (χ3n) is 2.79. The van der Waals surface area contributed by atoms with Gasteiger partial charge in [-0.1, -0.05) is 29.3 Å². The van der Waals surface area contributed by atoms with Crippen LogP contribution >= 0.6 is 34.5 Å². The molecule has 2 heterocycles. The van der Waals surface area contributed by atoms with Crippen LogP contribution < -0.4 is 0 Å². The second kappa shape index (κ2) is 7.75. The molecule has 1 amide bonds. The average Bonchev–Trinajstić information content (AvgIpc) is 2.94. The highest BCUT2D eigenvalue weighted by Gasteiger charge is 2.18. The maximum Gasteiger partial charge on any atom is 0.254 e. The molecule has 0 aliphatic heterocycles. The number of aromatic nitrogens is 1. The van der Waals surface area contributed by atoms with E-state index in [9.17, 15) is 4.79 Å². The zero-order valence-corrected chi connectivity index (χ0v) is 13.7. The predicted molar refractivity (Wildman–Crippen MR) is 85.2 cm³/mol. The minimum atomic E-state index is -0.147. The van der Waals surface area contributed by atoms with Crippen molar-refractivity contribution in [3.05, 3.63) is 50.4 Å². The first-order valence-electron chi connectivity index (χ1n) is 6.24. The van der Waals surface area contributed by atoms with E-state index in [0.29, 0.717) is 25.3 Å². The standard InChI is InChI=1S/C14H14Cl2N2O2S/c1-20-5-4-18(9-11-3-2-6-21-11)14(19)10-7-12(15)17-13(16)8-10/h2-3,6-8H,4-5,9H2,1H3. The molecule has 2 aromatic heterocycles. The molecule has 0 aromatic carbocycles. The molecule has 2 rings (SSSR count). The molecule has 0 aliphatic carbocycles. The van der Waals surface area contributed by atoms with Gasteiger partial charge in [-0.2, -0.15) is 0 Å². The third-order valence-corrected chi connectivity index (χ3v) is 4.04. The maximum atomic E-state index is 12.6. The normalized spacial score (nSPS) is 10.6. The molecule has 0 spiro atoms. The minimum Gasteiger partial charge on any atom is -0.383 e. The van der Waals surface area contributed by atoms with Gasteiger partial charge in [0.25, 0.3) is 5.91 Å². The highest BCUT2D eigenvalue weighted by molar-refractivity contribution is 7.09. The second-order valence-corrected chi connectivity index (χ2v) is 6.11. The fraction of sp³-hybridized carbons (Fsp3) is 0.286. The van der Waals surface area contributed by atoms with Gasteiger partial charge in [-0.3, -0.25) is 4.79 Å². The van der Waals surface area contributed by atoms with Crippen molar-refractivity contribution in [3.8, 4) is 0 Å². The number of methoxy groups -OCH3 is 1. The number of pyridine rings is 1. The van der Waals surface area contributed by atoms with Crippen molar-refractivity contribution in [2.75, 3.05) is 20.3 Å². The molecule has 4 nitrogen and oxygen atoms in total. The molecule has 21 heavy (non-hydrogen) atoms. The molecular formula is C14H14Cl2N2O2S. The highest BCUT2D eigenvalue weighted by Crippen LogP contribution is 2.18. The van der Waals surface area contributed by atoms with Gasteiger partial charge >= 0.3 is 0 Å². The van der Waals surface area contributed by atoms with Crippen LogP contribution in [-0.2, 0) is 11.3 Å². The van der Waals surface area contributed by atoms with Crippen LogP contribution in [0.2, 0.25) is 10.3 Å². The summed E-state index contributed by atoms with van der Waals surface area (Å²) in [5.41, 5.74) is 0.424. The number of hydrogen-bond donors (Lipinski definition) is 0. The molecule has 2 aromatic rings. The summed E-state index contributed by atoms with van der Waals surface area (Å²) in [6.45, 7) is 1.48. The van der Waals surface area contributed by atoms with Crippen molar-refractivity contribution in [1.29, 1.82) is 0 Å². The molecule has 0 radical (unpaired) electrons. The number of thiophene rings is 1. The molecule has 0 aliphatic rings. The molecule has 0 saturated carbocycles. The van der Waals surface area contributed by atoms with Crippen LogP contribution in [0.3, 0.4) is 0 Å². The molecule has 0 fully saturated rings. The van der Waals surface area contributed by atoms with Crippen molar-refractivity contribution in [2.45, 2.75) is 6.54 Å². The maximum absolute atomic E-state index is 12.6. The van der Waals surface area contributed by atoms with Gasteiger partial charge in [0, 0.05) is 24.1 Å². The Morgan fingerprint density at radius 1 is 1.38 bits per heavy atom. The lowest BCUT2D eigenvalue weighted by molar-refractivity contribution is 0.0682. The summed E-state index contributed by atoms with van der Waals surface area (Å²) in [4.78, 5) is 19.3. The Morgan fingerprint density at radius 3 is 2.67 bits per heavy atom. The van der Waals surface area contributed by atoms with Crippen molar-refractivity contribution in [3.63, 3.8) is 0 Å². The molecular weight excluding hydrogens is 331 g/mol. The Morgan fingerprint density at radius 2 is 2.10 bits per heavy atom. The van der Waals surface area contributed by atoms with Crippen molar-refractivity contribution < 1.29 is 9.53 Å². The summed E-state index contributed by atoms with van der Waals surface area (Å²) in [7, 11) is 1.61. The van der Waals surface area contributed by atoms with E-state index in [1.807, 2.05) is 17.5 Å². The Bertz CT molecular complexity index is 585. The zero-order valence-electron chi connectivity index (χ0n) is 11.4. The first-order valence-corrected chi connectivity index (χ1v) is 7.87. The predicted octanol–water partition coefficient (Wildman–Crippen LogP) is 3.74. The molecule has 0 N–H and O–H groups in total. The van der Waals surface area contributed by atoms with E-state index in [1.54, 1.807) is 23.3 Å². The van der Waals surface area contributed by atoms with E-state index in [2.05, 4.69) is 4.98 Å². The zero-order chi connectivity index (χ0) is 15.2. The van der Waals surface area contributed by atoms with Crippen LogP contribution in [0.25, 0.3) is 0 Å². The number of nitrogens with zero attached hydrogens (tertiary/aromatic N) is 2. The summed E-state index contributed by atoms with van der Waals surface area (Å²) in [5, 5.41) is 2.39. The monoisotopic (exact) mass is 344 g/mol. The minimum absolute atomic E-state index is 0.147. The van der Waals surface area contributed by atoms with E-state index in [-0.39, 0.29) is 16.2 Å². The molecule has 112 valence electrons. The SMILES string of the molecule is COCCN(Cc1cccs1)C(=O)c1cc(Cl)nc(Cl)c1. The number of carbonyl (C=O) groups is 1. The van der Waals surface area contributed by atoms with Gasteiger partial charge in [-0.15, -0.1) is 11.3 Å². The summed E-state index contributed by atoms with van der Waals surface area (Å²) in [6.07, 6.45) is 0. The number of carbonyl (C=O) groups excluding carboxylic acids is 1. The van der Waals surface area contributed by atoms with Gasteiger partial charge < -0.3 is 9.64 Å². The summed E-state index contributed by atoms with van der Waals surface area (Å²) < 4.78 is 5.07. The highest BCUT2D eigenvalue weighted by atomic mass is 35.5.